The molecule has 2 aromatic carbocycles. The molecular weight excluding hydrogens is 843 g/mol. The van der Waals surface area contributed by atoms with Gasteiger partial charge in [0, 0.05) is 67.5 Å². The number of rotatable bonds is 14. The number of carboxylic acid groups (broad SMARTS) is 1. The first kappa shape index (κ1) is 43.4. The highest BCUT2D eigenvalue weighted by Gasteiger charge is 2.59. The van der Waals surface area contributed by atoms with Crippen molar-refractivity contribution in [3.05, 3.63) is 89.1 Å². The summed E-state index contributed by atoms with van der Waals surface area (Å²) in [6, 6.07) is 13.7. The lowest BCUT2D eigenvalue weighted by Gasteiger charge is -2.37. The maximum Gasteiger partial charge on any atom is 0.358 e. The fourth-order valence-electron chi connectivity index (χ4n) is 10.7. The molecule has 13 nitrogen and oxygen atoms in total. The van der Waals surface area contributed by atoms with E-state index in [1.165, 1.54) is 30.4 Å². The minimum atomic E-state index is -4.54. The number of aromatic nitrogens is 1. The van der Waals surface area contributed by atoms with Crippen molar-refractivity contribution in [2.24, 2.45) is 11.8 Å². The third-order valence-electron chi connectivity index (χ3n) is 14.2. The number of hydrogen-bond donors (Lipinski definition) is 2. The molecule has 3 amide bonds. The summed E-state index contributed by atoms with van der Waals surface area (Å²) in [6.45, 7) is 3.76. The number of carboxylic acids is 1. The van der Waals surface area contributed by atoms with Crippen molar-refractivity contribution >= 4 is 58.3 Å². The van der Waals surface area contributed by atoms with E-state index in [1.807, 2.05) is 31.3 Å². The SMILES string of the molecule is CCCN([C@@H](C)C(=O)O)[P@@](=O)(Oc1ccccc1)[C@@H](F)c1ccc2sc(C(=O)N[C@H]3C[C@@H]4C[C@@H]4C[C@H]4CC[C@@H](C(=O)N5C[C@H](c6cnccc6N(C)C)CC56CC6)N4C3=O)cc2c1. The molecule has 9 atom stereocenters. The highest BCUT2D eigenvalue weighted by atomic mass is 32.1. The number of alkyl halides is 1. The lowest BCUT2D eigenvalue weighted by molar-refractivity contribution is -0.148. The summed E-state index contributed by atoms with van der Waals surface area (Å²) in [7, 11) is -0.501. The average Bonchev–Trinajstić information content (AvgIpc) is 4.02. The monoisotopic (exact) mass is 898 g/mol. The van der Waals surface area contributed by atoms with Gasteiger partial charge in [0.15, 0.2) is 0 Å². The molecule has 2 N–H and O–H groups in total. The van der Waals surface area contributed by atoms with Crippen molar-refractivity contribution in [3.63, 3.8) is 0 Å². The van der Waals surface area contributed by atoms with Gasteiger partial charge in [-0.25, -0.2) is 9.06 Å². The van der Waals surface area contributed by atoms with Gasteiger partial charge in [-0.3, -0.25) is 28.7 Å². The van der Waals surface area contributed by atoms with E-state index < -0.39 is 43.4 Å². The standard InChI is InChI=1S/C47H56FN6O7PS/c1-5-19-53(28(2)46(58)59)62(60,61-35-9-7-6-8-10-35)42(48)29-11-14-40-32(20-29)24-41(63-40)43(55)50-37-23-31-21-30(31)22-34-12-13-39(54(34)44(37)56)45(57)52-27-33(25-47(52)16-17-47)36-26-49-18-15-38(36)51(3)4/h6-11,14-15,18,20,24,26,28,30-31,33-34,37,39,42H,5,12-13,16-17,19,21-23,25,27H2,1-4H3,(H,50,55)(H,58,59)/t28-,30+,31-,33+,34+,37-,39-,42+,62-/m0/s1. The van der Waals surface area contributed by atoms with E-state index in [-0.39, 0.29) is 47.2 Å². The lowest BCUT2D eigenvalue weighted by Crippen LogP contribution is -2.57. The summed E-state index contributed by atoms with van der Waals surface area (Å²) in [4.78, 5) is 66.5. The number of anilines is 1. The van der Waals surface area contributed by atoms with E-state index in [0.29, 0.717) is 52.6 Å². The maximum absolute atomic E-state index is 16.9. The second-order valence-electron chi connectivity index (χ2n) is 18.5. The van der Waals surface area contributed by atoms with Crippen molar-refractivity contribution in [2.45, 2.75) is 113 Å². The van der Waals surface area contributed by atoms with Gasteiger partial charge in [0.25, 0.3) is 5.91 Å². The molecule has 0 radical (unpaired) electrons. The Morgan fingerprint density at radius 2 is 1.83 bits per heavy atom. The molecule has 334 valence electrons. The van der Waals surface area contributed by atoms with Crippen LogP contribution in [-0.4, -0.2) is 105 Å². The smallest absolute Gasteiger partial charge is 0.358 e. The number of carbonyl (C=O) groups excluding carboxylic acids is 3. The first-order chi connectivity index (χ1) is 30.2. The molecule has 0 bridgehead atoms. The molecule has 16 heteroatoms. The summed E-state index contributed by atoms with van der Waals surface area (Å²) in [6.07, 6.45) is 10.6. The Morgan fingerprint density at radius 1 is 1.06 bits per heavy atom. The highest BCUT2D eigenvalue weighted by Crippen LogP contribution is 2.64. The van der Waals surface area contributed by atoms with Gasteiger partial charge in [-0.1, -0.05) is 31.2 Å². The largest absolute Gasteiger partial charge is 0.480 e. The zero-order valence-corrected chi connectivity index (χ0v) is 37.9. The molecular formula is C47H56FN6O7PS. The third kappa shape index (κ3) is 8.14. The number of nitrogens with one attached hydrogen (secondary N) is 1. The van der Waals surface area contributed by atoms with Gasteiger partial charge in [0.05, 0.1) is 4.88 Å². The number of carbonyl (C=O) groups is 4. The Kier molecular flexibility index (Phi) is 11.7. The molecule has 2 aliphatic carbocycles. The first-order valence-electron chi connectivity index (χ1n) is 22.3. The average molecular weight is 899 g/mol. The number of hydrogen-bond acceptors (Lipinski definition) is 9. The van der Waals surface area contributed by atoms with E-state index in [4.69, 9.17) is 4.52 Å². The van der Waals surface area contributed by atoms with Gasteiger partial charge >= 0.3 is 13.5 Å². The fraction of sp³-hybridized carbons (Fsp3) is 0.511. The van der Waals surface area contributed by atoms with E-state index in [2.05, 4.69) is 20.1 Å². The molecule has 5 aliphatic rings. The molecule has 1 spiro atoms. The lowest BCUT2D eigenvalue weighted by atomic mass is 9.95. The second-order valence-corrected chi connectivity index (χ2v) is 21.9. The van der Waals surface area contributed by atoms with Gasteiger partial charge in [-0.15, -0.1) is 11.3 Å². The number of fused-ring (bicyclic) bond motifs is 3. The van der Waals surface area contributed by atoms with Crippen molar-refractivity contribution in [2.75, 3.05) is 32.1 Å². The molecule has 0 unspecified atom stereocenters. The molecule has 2 aromatic heterocycles. The van der Waals surface area contributed by atoms with Gasteiger partial charge in [0.2, 0.25) is 17.7 Å². The molecule has 5 heterocycles. The van der Waals surface area contributed by atoms with Crippen molar-refractivity contribution < 1.29 is 37.8 Å². The molecule has 63 heavy (non-hydrogen) atoms. The van der Waals surface area contributed by atoms with Gasteiger partial charge in [0.1, 0.15) is 23.9 Å². The zero-order valence-electron chi connectivity index (χ0n) is 36.2. The van der Waals surface area contributed by atoms with Crippen LogP contribution in [0.4, 0.5) is 10.1 Å². The number of pyridine rings is 1. The summed E-state index contributed by atoms with van der Waals surface area (Å²) in [5, 5.41) is 13.5. The number of nitrogens with zero attached hydrogens (tertiary/aromatic N) is 5. The zero-order chi connectivity index (χ0) is 44.4. The number of likely N-dealkylation sites (tertiary alicyclic amines) is 1. The molecule has 2 saturated carbocycles. The Bertz CT molecular complexity index is 2470. The van der Waals surface area contributed by atoms with Crippen LogP contribution in [0.3, 0.4) is 0 Å². The van der Waals surface area contributed by atoms with Crippen LogP contribution in [0, 0.1) is 11.8 Å². The predicted octanol–water partition coefficient (Wildman–Crippen LogP) is 8.22. The molecule has 9 rings (SSSR count). The predicted molar refractivity (Wildman–Crippen MR) is 240 cm³/mol. The second kappa shape index (κ2) is 16.9. The van der Waals surface area contributed by atoms with Crippen LogP contribution in [0.15, 0.2) is 73.1 Å². The van der Waals surface area contributed by atoms with E-state index in [9.17, 15) is 28.8 Å². The number of halogens is 1. The normalized spacial score (nSPS) is 26.6. The van der Waals surface area contributed by atoms with Crippen LogP contribution in [-0.2, 0) is 18.9 Å². The third-order valence-corrected chi connectivity index (χ3v) is 17.9. The van der Waals surface area contributed by atoms with Crippen LogP contribution in [0.2, 0.25) is 0 Å². The summed E-state index contributed by atoms with van der Waals surface area (Å²) in [5.74, 6) is -3.03. The molecule has 3 aliphatic heterocycles. The topological polar surface area (TPSA) is 153 Å². The van der Waals surface area contributed by atoms with E-state index >= 15 is 4.39 Å². The molecule has 4 aromatic rings. The van der Waals surface area contributed by atoms with Gasteiger partial charge in [-0.2, -0.15) is 0 Å². The van der Waals surface area contributed by atoms with Gasteiger partial charge < -0.3 is 29.6 Å². The van der Waals surface area contributed by atoms with Gasteiger partial charge in [-0.05, 0) is 129 Å². The van der Waals surface area contributed by atoms with Crippen molar-refractivity contribution in [3.8, 4) is 5.75 Å². The minimum absolute atomic E-state index is 0.0135. The van der Waals surface area contributed by atoms with E-state index in [1.54, 1.807) is 55.6 Å². The quantitative estimate of drug-likeness (QED) is 0.119. The fourth-order valence-corrected chi connectivity index (χ4v) is 14.1. The van der Waals surface area contributed by atoms with Crippen LogP contribution in [0.25, 0.3) is 10.1 Å². The Balaban J connectivity index is 0.943. The number of aliphatic carboxylic acids is 1. The first-order valence-corrected chi connectivity index (χ1v) is 24.7. The van der Waals surface area contributed by atoms with Crippen LogP contribution < -0.4 is 14.7 Å². The Labute approximate surface area is 371 Å². The van der Waals surface area contributed by atoms with Crippen molar-refractivity contribution in [1.29, 1.82) is 0 Å². The highest BCUT2D eigenvalue weighted by molar-refractivity contribution is 7.57. The minimum Gasteiger partial charge on any atom is -0.480 e. The van der Waals surface area contributed by atoms with E-state index in [0.717, 1.165) is 54.4 Å². The molecule has 3 saturated heterocycles. The van der Waals surface area contributed by atoms with Crippen molar-refractivity contribution in [1.82, 2.24) is 24.8 Å². The summed E-state index contributed by atoms with van der Waals surface area (Å²) in [5.41, 5.74) is 2.07. The van der Waals surface area contributed by atoms with Crippen LogP contribution >= 0.6 is 18.9 Å². The number of para-hydroxylation sites is 1. The maximum atomic E-state index is 16.9. The van der Waals surface area contributed by atoms with Crippen LogP contribution in [0.1, 0.15) is 104 Å². The Hall–Kier alpha value is -4.85. The summed E-state index contributed by atoms with van der Waals surface area (Å²) < 4.78 is 39.5. The number of thiophene rings is 1. The molecule has 5 fully saturated rings. The number of benzene rings is 2. The Morgan fingerprint density at radius 3 is 2.54 bits per heavy atom. The van der Waals surface area contributed by atoms with Crippen LogP contribution in [0.5, 0.6) is 5.75 Å². The number of amides is 3. The summed E-state index contributed by atoms with van der Waals surface area (Å²) >= 11 is 1.20.